The normalized spacial score (nSPS) is 9.78. The smallest absolute Gasteiger partial charge is 0.269 e. The van der Waals surface area contributed by atoms with Crippen molar-refractivity contribution in [2.24, 2.45) is 0 Å². The Labute approximate surface area is 156 Å². The van der Waals surface area contributed by atoms with Gasteiger partial charge in [0, 0.05) is 28.9 Å². The summed E-state index contributed by atoms with van der Waals surface area (Å²) < 4.78 is 0. The lowest BCUT2D eigenvalue weighted by atomic mass is 10.1. The molecule has 0 aromatic heterocycles. The maximum Gasteiger partial charge on any atom is 0.269 e. The molecular weight excluding hydrogens is 340 g/mol. The van der Waals surface area contributed by atoms with Crippen LogP contribution in [0.2, 0.25) is 0 Å². The largest absolute Gasteiger partial charge is 0.326 e. The van der Waals surface area contributed by atoms with Gasteiger partial charge < -0.3 is 5.32 Å². The Hall–Kier alpha value is -3.91. The molecule has 0 radical (unpaired) electrons. The number of carbonyl (C=O) groups is 1. The van der Waals surface area contributed by atoms with Crippen molar-refractivity contribution in [1.29, 1.82) is 0 Å². The highest BCUT2D eigenvalue weighted by Gasteiger charge is 2.08. The van der Waals surface area contributed by atoms with Gasteiger partial charge in [-0.1, -0.05) is 48.2 Å². The van der Waals surface area contributed by atoms with Crippen LogP contribution in [0.15, 0.2) is 78.9 Å². The summed E-state index contributed by atoms with van der Waals surface area (Å²) in [6.07, 6.45) is 0.137. The van der Waals surface area contributed by atoms with Crippen LogP contribution >= 0.6 is 0 Å². The van der Waals surface area contributed by atoms with Crippen LogP contribution in [0.3, 0.4) is 0 Å². The number of anilines is 1. The monoisotopic (exact) mass is 356 g/mol. The van der Waals surface area contributed by atoms with Crippen LogP contribution < -0.4 is 5.32 Å². The summed E-state index contributed by atoms with van der Waals surface area (Å²) in [5.41, 5.74) is 3.08. The summed E-state index contributed by atoms with van der Waals surface area (Å²) in [4.78, 5) is 22.4. The minimum atomic E-state index is -0.466. The minimum Gasteiger partial charge on any atom is -0.326 e. The molecule has 3 aromatic carbocycles. The summed E-state index contributed by atoms with van der Waals surface area (Å²) in [6.45, 7) is 0. The molecule has 0 atom stereocenters. The number of hydrogen-bond donors (Lipinski definition) is 1. The van der Waals surface area contributed by atoms with E-state index in [1.54, 1.807) is 18.2 Å². The fourth-order valence-corrected chi connectivity index (χ4v) is 2.47. The Balaban J connectivity index is 1.64. The molecule has 5 heteroatoms. The van der Waals surface area contributed by atoms with Gasteiger partial charge in [0.25, 0.3) is 5.69 Å². The number of non-ortho nitro benzene ring substituents is 1. The lowest BCUT2D eigenvalue weighted by Gasteiger charge is -2.06. The number of benzene rings is 3. The first kappa shape index (κ1) is 17.9. The number of nitro benzene ring substituents is 1. The van der Waals surface area contributed by atoms with Crippen molar-refractivity contribution < 1.29 is 9.72 Å². The van der Waals surface area contributed by atoms with Gasteiger partial charge in [0.1, 0.15) is 0 Å². The van der Waals surface area contributed by atoms with Crippen molar-refractivity contribution in [2.45, 2.75) is 6.42 Å². The molecule has 0 heterocycles. The van der Waals surface area contributed by atoms with Crippen LogP contribution in [0.1, 0.15) is 16.7 Å². The number of nitrogens with zero attached hydrogens (tertiary/aromatic N) is 1. The lowest BCUT2D eigenvalue weighted by Crippen LogP contribution is -2.14. The van der Waals surface area contributed by atoms with Gasteiger partial charge in [0.15, 0.2) is 0 Å². The second-order valence-corrected chi connectivity index (χ2v) is 5.85. The summed E-state index contributed by atoms with van der Waals surface area (Å²) >= 11 is 0. The van der Waals surface area contributed by atoms with Gasteiger partial charge in [-0.25, -0.2) is 0 Å². The molecule has 3 rings (SSSR count). The molecule has 0 aliphatic heterocycles. The van der Waals surface area contributed by atoms with Gasteiger partial charge in [-0.3, -0.25) is 14.9 Å². The maximum atomic E-state index is 12.2. The minimum absolute atomic E-state index is 0.00356. The predicted molar refractivity (Wildman–Crippen MR) is 104 cm³/mol. The van der Waals surface area contributed by atoms with E-state index in [1.807, 2.05) is 48.5 Å². The predicted octanol–water partition coefficient (Wildman–Crippen LogP) is 4.18. The van der Waals surface area contributed by atoms with Crippen molar-refractivity contribution in [3.63, 3.8) is 0 Å². The van der Waals surface area contributed by atoms with E-state index in [9.17, 15) is 14.9 Å². The molecule has 3 aromatic rings. The van der Waals surface area contributed by atoms with Crippen molar-refractivity contribution in [3.8, 4) is 11.8 Å². The van der Waals surface area contributed by atoms with E-state index in [4.69, 9.17) is 0 Å². The summed E-state index contributed by atoms with van der Waals surface area (Å²) in [6, 6.07) is 22.9. The third-order valence-electron chi connectivity index (χ3n) is 3.78. The number of amides is 1. The van der Waals surface area contributed by atoms with Gasteiger partial charge in [0.2, 0.25) is 5.91 Å². The van der Waals surface area contributed by atoms with Crippen LogP contribution in [0.4, 0.5) is 11.4 Å². The quantitative estimate of drug-likeness (QED) is 0.433. The molecule has 0 unspecified atom stereocenters. The molecule has 0 saturated carbocycles. The number of carbonyl (C=O) groups excluding carboxylic acids is 1. The second kappa shape index (κ2) is 8.45. The number of nitro groups is 1. The standard InChI is InChI=1S/C22H16N2O3/c25-22(16-19-11-13-21(14-12-19)24(26)27)23-20-8-4-7-18(15-20)10-9-17-5-2-1-3-6-17/h1-8,11-15H,16H2,(H,23,25). The zero-order valence-corrected chi connectivity index (χ0v) is 14.4. The summed E-state index contributed by atoms with van der Waals surface area (Å²) in [5, 5.41) is 13.5. The fraction of sp³-hybridized carbons (Fsp3) is 0.0455. The van der Waals surface area contributed by atoms with Gasteiger partial charge >= 0.3 is 0 Å². The molecular formula is C22H16N2O3. The molecule has 1 amide bonds. The number of hydrogen-bond acceptors (Lipinski definition) is 3. The zero-order valence-electron chi connectivity index (χ0n) is 14.4. The average Bonchev–Trinajstić information content (AvgIpc) is 2.68. The first-order valence-electron chi connectivity index (χ1n) is 8.30. The van der Waals surface area contributed by atoms with Gasteiger partial charge in [-0.05, 0) is 35.9 Å². The van der Waals surface area contributed by atoms with Gasteiger partial charge in [-0.15, -0.1) is 0 Å². The van der Waals surface area contributed by atoms with E-state index in [1.165, 1.54) is 12.1 Å². The maximum absolute atomic E-state index is 12.2. The van der Waals surface area contributed by atoms with Crippen LogP contribution in [0.25, 0.3) is 0 Å². The summed E-state index contributed by atoms with van der Waals surface area (Å²) in [7, 11) is 0. The Morgan fingerprint density at radius 2 is 1.56 bits per heavy atom. The SMILES string of the molecule is O=C(Cc1ccc([N+](=O)[O-])cc1)Nc1cccc(C#Cc2ccccc2)c1. The molecule has 0 aliphatic rings. The Kier molecular flexibility index (Phi) is 5.60. The van der Waals surface area contributed by atoms with E-state index in [-0.39, 0.29) is 18.0 Å². The third kappa shape index (κ3) is 5.28. The van der Waals surface area contributed by atoms with Gasteiger partial charge in [0.05, 0.1) is 11.3 Å². The van der Waals surface area contributed by atoms with E-state index in [2.05, 4.69) is 17.2 Å². The molecule has 0 bridgehead atoms. The second-order valence-electron chi connectivity index (χ2n) is 5.85. The lowest BCUT2D eigenvalue weighted by molar-refractivity contribution is -0.384. The van der Waals surface area contributed by atoms with Crippen LogP contribution in [0, 0.1) is 22.0 Å². The molecule has 27 heavy (non-hydrogen) atoms. The van der Waals surface area contributed by atoms with E-state index >= 15 is 0 Å². The molecule has 1 N–H and O–H groups in total. The molecule has 132 valence electrons. The first-order valence-corrected chi connectivity index (χ1v) is 8.30. The van der Waals surface area contributed by atoms with E-state index in [0.29, 0.717) is 11.3 Å². The molecule has 0 fully saturated rings. The number of nitrogens with one attached hydrogen (secondary N) is 1. The average molecular weight is 356 g/mol. The van der Waals surface area contributed by atoms with E-state index in [0.717, 1.165) is 11.1 Å². The summed E-state index contributed by atoms with van der Waals surface area (Å²) in [5.74, 6) is 5.96. The Morgan fingerprint density at radius 3 is 2.26 bits per heavy atom. The topological polar surface area (TPSA) is 72.2 Å². The highest BCUT2D eigenvalue weighted by molar-refractivity contribution is 5.92. The van der Waals surface area contributed by atoms with Crippen molar-refractivity contribution in [3.05, 3.63) is 106 Å². The van der Waals surface area contributed by atoms with Crippen LogP contribution in [-0.2, 0) is 11.2 Å². The highest BCUT2D eigenvalue weighted by atomic mass is 16.6. The fourth-order valence-electron chi connectivity index (χ4n) is 2.47. The first-order chi connectivity index (χ1) is 13.1. The Morgan fingerprint density at radius 1 is 0.889 bits per heavy atom. The zero-order chi connectivity index (χ0) is 19.1. The Bertz CT molecular complexity index is 1020. The molecule has 0 saturated heterocycles. The molecule has 0 aliphatic carbocycles. The third-order valence-corrected chi connectivity index (χ3v) is 3.78. The van der Waals surface area contributed by atoms with Gasteiger partial charge in [-0.2, -0.15) is 0 Å². The van der Waals surface area contributed by atoms with Crippen molar-refractivity contribution in [2.75, 3.05) is 5.32 Å². The van der Waals surface area contributed by atoms with Crippen LogP contribution in [0.5, 0.6) is 0 Å². The van der Waals surface area contributed by atoms with Crippen molar-refractivity contribution >= 4 is 17.3 Å². The van der Waals surface area contributed by atoms with Crippen LogP contribution in [-0.4, -0.2) is 10.8 Å². The molecule has 0 spiro atoms. The molecule has 5 nitrogen and oxygen atoms in total. The number of rotatable bonds is 4. The van der Waals surface area contributed by atoms with E-state index < -0.39 is 4.92 Å². The highest BCUT2D eigenvalue weighted by Crippen LogP contribution is 2.14. The van der Waals surface area contributed by atoms with Crippen molar-refractivity contribution in [1.82, 2.24) is 0 Å².